The Labute approximate surface area is 118 Å². The zero-order chi connectivity index (χ0) is 14.1. The number of fused-ring (bicyclic) bond motifs is 1. The van der Waals surface area contributed by atoms with Gasteiger partial charge in [-0.25, -0.2) is 9.78 Å². The number of pyridine rings is 1. The first kappa shape index (κ1) is 12.9. The van der Waals surface area contributed by atoms with Crippen molar-refractivity contribution >= 4 is 22.7 Å². The number of esters is 1. The zero-order valence-corrected chi connectivity index (χ0v) is 11.8. The molecule has 0 spiro atoms. The summed E-state index contributed by atoms with van der Waals surface area (Å²) < 4.78 is 4.90. The second-order valence-electron chi connectivity index (χ2n) is 5.20. The van der Waals surface area contributed by atoms with Crippen LogP contribution >= 0.6 is 0 Å². The van der Waals surface area contributed by atoms with Crippen LogP contribution in [0.2, 0.25) is 0 Å². The lowest BCUT2D eigenvalue weighted by molar-refractivity contribution is -0.141. The number of aromatic nitrogens is 1. The molecular formula is C16H18N2O2. The molecule has 1 fully saturated rings. The number of benzene rings is 1. The van der Waals surface area contributed by atoms with E-state index in [1.54, 1.807) is 0 Å². The number of ether oxygens (including phenoxy) is 1. The van der Waals surface area contributed by atoms with Crippen molar-refractivity contribution in [3.05, 3.63) is 35.9 Å². The molecule has 1 aliphatic heterocycles. The smallest absolute Gasteiger partial charge is 0.328 e. The average Bonchev–Trinajstić information content (AvgIpc) is 2.95. The molecule has 1 atom stereocenters. The summed E-state index contributed by atoms with van der Waals surface area (Å²) >= 11 is 0. The van der Waals surface area contributed by atoms with E-state index >= 15 is 0 Å². The van der Waals surface area contributed by atoms with E-state index < -0.39 is 0 Å². The predicted octanol–water partition coefficient (Wildman–Crippen LogP) is 2.69. The van der Waals surface area contributed by atoms with Gasteiger partial charge in [-0.2, -0.15) is 0 Å². The highest BCUT2D eigenvalue weighted by Gasteiger charge is 2.33. The first-order chi connectivity index (χ1) is 9.70. The Morgan fingerprint density at radius 3 is 3.00 bits per heavy atom. The Hall–Kier alpha value is -2.10. The lowest BCUT2D eigenvalue weighted by Gasteiger charge is -2.25. The van der Waals surface area contributed by atoms with Gasteiger partial charge in [0.1, 0.15) is 11.9 Å². The molecule has 1 aromatic heterocycles. The lowest BCUT2D eigenvalue weighted by Crippen LogP contribution is -2.37. The highest BCUT2D eigenvalue weighted by Crippen LogP contribution is 2.29. The fourth-order valence-electron chi connectivity index (χ4n) is 2.90. The van der Waals surface area contributed by atoms with Crippen molar-refractivity contribution in [1.82, 2.24) is 4.98 Å². The topological polar surface area (TPSA) is 42.4 Å². The van der Waals surface area contributed by atoms with Gasteiger partial charge in [-0.3, -0.25) is 0 Å². The molecule has 2 heterocycles. The SMILES string of the molecule is COC(=O)C1CCCN1c1nc2ccccc2cc1C. The molecule has 0 bridgehead atoms. The van der Waals surface area contributed by atoms with E-state index in [9.17, 15) is 4.79 Å². The molecule has 1 aromatic carbocycles. The van der Waals surface area contributed by atoms with E-state index in [1.165, 1.54) is 7.11 Å². The number of rotatable bonds is 2. The van der Waals surface area contributed by atoms with E-state index in [4.69, 9.17) is 9.72 Å². The van der Waals surface area contributed by atoms with Crippen LogP contribution in [0, 0.1) is 6.92 Å². The Morgan fingerprint density at radius 2 is 2.20 bits per heavy atom. The van der Waals surface area contributed by atoms with Crippen molar-refractivity contribution in [2.24, 2.45) is 0 Å². The van der Waals surface area contributed by atoms with Crippen molar-refractivity contribution in [2.75, 3.05) is 18.6 Å². The van der Waals surface area contributed by atoms with Crippen LogP contribution in [-0.2, 0) is 9.53 Å². The van der Waals surface area contributed by atoms with Crippen molar-refractivity contribution < 1.29 is 9.53 Å². The predicted molar refractivity (Wildman–Crippen MR) is 78.9 cm³/mol. The van der Waals surface area contributed by atoms with E-state index in [1.807, 2.05) is 25.1 Å². The zero-order valence-electron chi connectivity index (χ0n) is 11.8. The summed E-state index contributed by atoms with van der Waals surface area (Å²) in [6.45, 7) is 2.90. The molecule has 20 heavy (non-hydrogen) atoms. The summed E-state index contributed by atoms with van der Waals surface area (Å²) in [7, 11) is 1.44. The van der Waals surface area contributed by atoms with Gasteiger partial charge in [0.15, 0.2) is 0 Å². The minimum Gasteiger partial charge on any atom is -0.467 e. The standard InChI is InChI=1S/C16H18N2O2/c1-11-10-12-6-3-4-7-13(12)17-15(11)18-9-5-8-14(18)16(19)20-2/h3-4,6-7,10,14H,5,8-9H2,1-2H3. The maximum Gasteiger partial charge on any atom is 0.328 e. The number of nitrogens with zero attached hydrogens (tertiary/aromatic N) is 2. The molecule has 1 saturated heterocycles. The van der Waals surface area contributed by atoms with Gasteiger partial charge < -0.3 is 9.64 Å². The number of aryl methyl sites for hydroxylation is 1. The highest BCUT2D eigenvalue weighted by atomic mass is 16.5. The average molecular weight is 270 g/mol. The van der Waals surface area contributed by atoms with E-state index in [0.29, 0.717) is 0 Å². The number of methoxy groups -OCH3 is 1. The summed E-state index contributed by atoms with van der Waals surface area (Å²) in [5.41, 5.74) is 2.06. The van der Waals surface area contributed by atoms with Crippen LogP contribution in [0.5, 0.6) is 0 Å². The van der Waals surface area contributed by atoms with Gasteiger partial charge in [0.25, 0.3) is 0 Å². The van der Waals surface area contributed by atoms with Gasteiger partial charge in [0.05, 0.1) is 12.6 Å². The maximum atomic E-state index is 11.9. The van der Waals surface area contributed by atoms with E-state index in [0.717, 1.165) is 41.7 Å². The number of carbonyl (C=O) groups excluding carboxylic acids is 1. The van der Waals surface area contributed by atoms with E-state index in [-0.39, 0.29) is 12.0 Å². The second kappa shape index (κ2) is 5.12. The first-order valence-corrected chi connectivity index (χ1v) is 6.91. The van der Waals surface area contributed by atoms with Gasteiger partial charge >= 0.3 is 5.97 Å². The quantitative estimate of drug-likeness (QED) is 0.787. The Balaban J connectivity index is 2.04. The number of hydrogen-bond donors (Lipinski definition) is 0. The third-order valence-corrected chi connectivity index (χ3v) is 3.89. The normalized spacial score (nSPS) is 18.5. The molecule has 1 aliphatic rings. The van der Waals surface area contributed by atoms with Crippen molar-refractivity contribution in [3.63, 3.8) is 0 Å². The number of anilines is 1. The lowest BCUT2D eigenvalue weighted by atomic mass is 10.1. The molecule has 4 heteroatoms. The third-order valence-electron chi connectivity index (χ3n) is 3.89. The van der Waals surface area contributed by atoms with Crippen LogP contribution in [0.15, 0.2) is 30.3 Å². The number of para-hydroxylation sites is 1. The largest absolute Gasteiger partial charge is 0.467 e. The molecule has 0 aliphatic carbocycles. The second-order valence-corrected chi connectivity index (χ2v) is 5.20. The maximum absolute atomic E-state index is 11.9. The summed E-state index contributed by atoms with van der Waals surface area (Å²) in [5, 5.41) is 1.13. The molecule has 0 amide bonds. The molecule has 0 saturated carbocycles. The molecule has 2 aromatic rings. The van der Waals surface area contributed by atoms with Crippen molar-refractivity contribution in [2.45, 2.75) is 25.8 Å². The summed E-state index contributed by atoms with van der Waals surface area (Å²) in [5.74, 6) is 0.730. The molecular weight excluding hydrogens is 252 g/mol. The fraction of sp³-hybridized carbons (Fsp3) is 0.375. The van der Waals surface area contributed by atoms with Crippen molar-refractivity contribution in [1.29, 1.82) is 0 Å². The van der Waals surface area contributed by atoms with Crippen molar-refractivity contribution in [3.8, 4) is 0 Å². The molecule has 0 radical (unpaired) electrons. The Bertz CT molecular complexity index is 654. The third kappa shape index (κ3) is 2.11. The molecule has 0 N–H and O–H groups in total. The monoisotopic (exact) mass is 270 g/mol. The van der Waals surface area contributed by atoms with Gasteiger partial charge in [-0.15, -0.1) is 0 Å². The van der Waals surface area contributed by atoms with Crippen LogP contribution < -0.4 is 4.90 Å². The van der Waals surface area contributed by atoms with Crippen LogP contribution in [-0.4, -0.2) is 30.6 Å². The Kier molecular flexibility index (Phi) is 3.30. The Morgan fingerprint density at radius 1 is 1.40 bits per heavy atom. The molecule has 3 rings (SSSR count). The van der Waals surface area contributed by atoms with Gasteiger partial charge in [0.2, 0.25) is 0 Å². The molecule has 104 valence electrons. The highest BCUT2D eigenvalue weighted by molar-refractivity contribution is 5.84. The van der Waals surface area contributed by atoms with Crippen LogP contribution in [0.3, 0.4) is 0 Å². The molecule has 4 nitrogen and oxygen atoms in total. The van der Waals surface area contributed by atoms with E-state index in [2.05, 4.69) is 17.0 Å². The van der Waals surface area contributed by atoms with Gasteiger partial charge in [-0.1, -0.05) is 18.2 Å². The van der Waals surface area contributed by atoms with Gasteiger partial charge in [-0.05, 0) is 37.5 Å². The fourth-order valence-corrected chi connectivity index (χ4v) is 2.90. The van der Waals surface area contributed by atoms with Crippen LogP contribution in [0.25, 0.3) is 10.9 Å². The minimum atomic E-state index is -0.202. The van der Waals surface area contributed by atoms with Crippen LogP contribution in [0.4, 0.5) is 5.82 Å². The first-order valence-electron chi connectivity index (χ1n) is 6.91. The van der Waals surface area contributed by atoms with Gasteiger partial charge in [0, 0.05) is 11.9 Å². The summed E-state index contributed by atoms with van der Waals surface area (Å²) in [6.07, 6.45) is 1.83. The molecule has 1 unspecified atom stereocenters. The summed E-state index contributed by atoms with van der Waals surface area (Å²) in [6, 6.07) is 9.98. The number of hydrogen-bond acceptors (Lipinski definition) is 4. The number of carbonyl (C=O) groups is 1. The van der Waals surface area contributed by atoms with Crippen LogP contribution in [0.1, 0.15) is 18.4 Å². The summed E-state index contributed by atoms with van der Waals surface area (Å²) in [4.78, 5) is 18.7. The minimum absolute atomic E-state index is 0.170.